The maximum Gasteiger partial charge on any atom is 0.239 e. The van der Waals surface area contributed by atoms with Crippen molar-refractivity contribution in [2.45, 2.75) is 57.0 Å². The van der Waals surface area contributed by atoms with E-state index in [1.54, 1.807) is 18.0 Å². The average Bonchev–Trinajstić information content (AvgIpc) is 3.32. The topological polar surface area (TPSA) is 82.8 Å². The summed E-state index contributed by atoms with van der Waals surface area (Å²) < 4.78 is 12.8. The van der Waals surface area contributed by atoms with Crippen molar-refractivity contribution in [3.8, 4) is 11.6 Å². The van der Waals surface area contributed by atoms with Crippen LogP contribution in [0.4, 0.5) is 0 Å². The molecule has 0 bridgehead atoms. The van der Waals surface area contributed by atoms with Crippen molar-refractivity contribution in [2.75, 3.05) is 0 Å². The summed E-state index contributed by atoms with van der Waals surface area (Å²) in [6, 6.07) is 3.72. The lowest BCUT2D eigenvalue weighted by Gasteiger charge is -2.08. The molecule has 0 aliphatic carbocycles. The van der Waals surface area contributed by atoms with Crippen molar-refractivity contribution in [1.82, 2.24) is 24.9 Å². The molecule has 0 aliphatic heterocycles. The molecule has 0 saturated heterocycles. The quantitative estimate of drug-likeness (QED) is 0.566. The molecule has 1 unspecified atom stereocenters. The molecule has 0 saturated carbocycles. The zero-order valence-corrected chi connectivity index (χ0v) is 14.9. The van der Waals surface area contributed by atoms with Crippen LogP contribution in [-0.4, -0.2) is 24.9 Å². The second-order valence-electron chi connectivity index (χ2n) is 5.44. The number of thioether (sulfide) groups is 1. The van der Waals surface area contributed by atoms with E-state index in [0.29, 0.717) is 11.7 Å². The van der Waals surface area contributed by atoms with Crippen molar-refractivity contribution >= 4 is 11.8 Å². The van der Waals surface area contributed by atoms with Gasteiger partial charge in [0.1, 0.15) is 0 Å². The van der Waals surface area contributed by atoms with Crippen molar-refractivity contribution in [1.29, 1.82) is 0 Å². The molecule has 0 fully saturated rings. The van der Waals surface area contributed by atoms with Crippen LogP contribution in [-0.2, 0) is 13.0 Å². The first-order chi connectivity index (χ1) is 11.7. The van der Waals surface area contributed by atoms with Gasteiger partial charge >= 0.3 is 0 Å². The normalized spacial score (nSPS) is 12.6. The van der Waals surface area contributed by atoms with Gasteiger partial charge < -0.3 is 8.94 Å². The van der Waals surface area contributed by atoms with Crippen LogP contribution in [0.5, 0.6) is 0 Å². The molecule has 24 heavy (non-hydrogen) atoms. The number of unbranched alkanes of at least 4 members (excludes halogenated alkanes) is 1. The van der Waals surface area contributed by atoms with Gasteiger partial charge in [-0.05, 0) is 32.4 Å². The summed E-state index contributed by atoms with van der Waals surface area (Å²) in [6.07, 6.45) is 4.67. The zero-order valence-electron chi connectivity index (χ0n) is 14.1. The summed E-state index contributed by atoms with van der Waals surface area (Å²) in [6.45, 7) is 6.99. The zero-order chi connectivity index (χ0) is 16.9. The highest BCUT2D eigenvalue weighted by Crippen LogP contribution is 2.34. The Bertz CT molecular complexity index is 765. The molecule has 0 N–H and O–H groups in total. The fraction of sp³-hybridized carbons (Fsp3) is 0.500. The summed E-state index contributed by atoms with van der Waals surface area (Å²) >= 11 is 1.55. The maximum atomic E-state index is 5.43. The van der Waals surface area contributed by atoms with Gasteiger partial charge in [0.25, 0.3) is 0 Å². The second kappa shape index (κ2) is 7.65. The summed E-state index contributed by atoms with van der Waals surface area (Å²) in [5.74, 6) is 2.83. The molecule has 7 nitrogen and oxygen atoms in total. The number of nitrogens with zero attached hydrogens (tertiary/aromatic N) is 5. The minimum Gasteiger partial charge on any atom is -0.461 e. The van der Waals surface area contributed by atoms with E-state index in [4.69, 9.17) is 8.94 Å². The minimum atomic E-state index is 0.00632. The number of hydrogen-bond acceptors (Lipinski definition) is 7. The average molecular weight is 347 g/mol. The van der Waals surface area contributed by atoms with E-state index in [2.05, 4.69) is 34.2 Å². The number of rotatable bonds is 8. The van der Waals surface area contributed by atoms with Crippen LogP contribution in [0.1, 0.15) is 50.6 Å². The van der Waals surface area contributed by atoms with E-state index in [-0.39, 0.29) is 5.25 Å². The van der Waals surface area contributed by atoms with Gasteiger partial charge in [-0.3, -0.25) is 4.57 Å². The Balaban J connectivity index is 1.74. The highest BCUT2D eigenvalue weighted by Gasteiger charge is 2.21. The van der Waals surface area contributed by atoms with Crippen LogP contribution in [0.15, 0.2) is 32.5 Å². The predicted octanol–water partition coefficient (Wildman–Crippen LogP) is 4.14. The fourth-order valence-electron chi connectivity index (χ4n) is 2.33. The first kappa shape index (κ1) is 16.8. The van der Waals surface area contributed by atoms with Gasteiger partial charge in [-0.25, -0.2) is 0 Å². The van der Waals surface area contributed by atoms with E-state index >= 15 is 0 Å². The maximum absolute atomic E-state index is 5.43. The summed E-state index contributed by atoms with van der Waals surface area (Å²) in [7, 11) is 0. The van der Waals surface area contributed by atoms with E-state index in [9.17, 15) is 0 Å². The Morgan fingerprint density at radius 1 is 1.29 bits per heavy atom. The highest BCUT2D eigenvalue weighted by molar-refractivity contribution is 7.99. The molecular formula is C16H21N5O2S. The molecule has 1 atom stereocenters. The molecule has 0 amide bonds. The first-order valence-electron chi connectivity index (χ1n) is 8.19. The van der Waals surface area contributed by atoms with Crippen LogP contribution in [0.25, 0.3) is 11.6 Å². The number of hydrogen-bond donors (Lipinski definition) is 0. The summed E-state index contributed by atoms with van der Waals surface area (Å²) in [5.41, 5.74) is 0. The van der Waals surface area contributed by atoms with Crippen molar-refractivity contribution < 1.29 is 8.94 Å². The van der Waals surface area contributed by atoms with Gasteiger partial charge in [-0.1, -0.05) is 30.3 Å². The Labute approximate surface area is 144 Å². The lowest BCUT2D eigenvalue weighted by atomic mass is 10.2. The Hall–Kier alpha value is -2.09. The molecule has 128 valence electrons. The molecule has 0 aliphatic rings. The Morgan fingerprint density at radius 2 is 2.17 bits per heavy atom. The lowest BCUT2D eigenvalue weighted by molar-refractivity contribution is 0.374. The smallest absolute Gasteiger partial charge is 0.239 e. The number of furan rings is 1. The van der Waals surface area contributed by atoms with Gasteiger partial charge in [0.15, 0.2) is 22.6 Å². The lowest BCUT2D eigenvalue weighted by Crippen LogP contribution is -2.00. The van der Waals surface area contributed by atoms with Crippen molar-refractivity contribution in [2.24, 2.45) is 0 Å². The van der Waals surface area contributed by atoms with E-state index in [0.717, 1.165) is 42.6 Å². The second-order valence-corrected chi connectivity index (χ2v) is 6.75. The molecule has 0 spiro atoms. The van der Waals surface area contributed by atoms with E-state index < -0.39 is 0 Å². The van der Waals surface area contributed by atoms with Crippen LogP contribution < -0.4 is 0 Å². The monoisotopic (exact) mass is 347 g/mol. The van der Waals surface area contributed by atoms with Gasteiger partial charge in [0.2, 0.25) is 5.89 Å². The van der Waals surface area contributed by atoms with Crippen LogP contribution in [0.3, 0.4) is 0 Å². The first-order valence-corrected chi connectivity index (χ1v) is 9.07. The van der Waals surface area contributed by atoms with Crippen LogP contribution in [0, 0.1) is 0 Å². The van der Waals surface area contributed by atoms with Gasteiger partial charge in [0, 0.05) is 13.0 Å². The van der Waals surface area contributed by atoms with Crippen LogP contribution in [0.2, 0.25) is 0 Å². The van der Waals surface area contributed by atoms with E-state index in [1.165, 1.54) is 0 Å². The molecule has 3 aromatic heterocycles. The van der Waals surface area contributed by atoms with E-state index in [1.807, 2.05) is 23.6 Å². The fourth-order valence-corrected chi connectivity index (χ4v) is 3.27. The van der Waals surface area contributed by atoms with Gasteiger partial charge in [0.05, 0.1) is 11.5 Å². The standard InChI is InChI=1S/C16H21N5O2S/c1-4-6-9-13-17-15(23-20-13)11(3)24-16-19-18-14(21(16)5-2)12-8-7-10-22-12/h7-8,10-11H,4-6,9H2,1-3H3. The largest absolute Gasteiger partial charge is 0.461 e. The number of aromatic nitrogens is 5. The number of aryl methyl sites for hydroxylation is 1. The summed E-state index contributed by atoms with van der Waals surface area (Å²) in [4.78, 5) is 4.48. The van der Waals surface area contributed by atoms with Crippen molar-refractivity contribution in [3.05, 3.63) is 30.1 Å². The van der Waals surface area contributed by atoms with Crippen LogP contribution >= 0.6 is 11.8 Å². The third-order valence-corrected chi connectivity index (χ3v) is 4.71. The third kappa shape index (κ3) is 3.53. The molecule has 3 heterocycles. The minimum absolute atomic E-state index is 0.00632. The van der Waals surface area contributed by atoms with Gasteiger partial charge in [-0.15, -0.1) is 10.2 Å². The third-order valence-electron chi connectivity index (χ3n) is 3.64. The Morgan fingerprint density at radius 3 is 2.88 bits per heavy atom. The molecule has 8 heteroatoms. The molecule has 3 aromatic rings. The molecule has 0 aromatic carbocycles. The molecule has 3 rings (SSSR count). The summed E-state index contributed by atoms with van der Waals surface area (Å²) in [5, 5.41) is 13.4. The molecular weight excluding hydrogens is 326 g/mol. The molecule has 0 radical (unpaired) electrons. The van der Waals surface area contributed by atoms with Gasteiger partial charge in [-0.2, -0.15) is 4.98 Å². The predicted molar refractivity (Wildman–Crippen MR) is 90.6 cm³/mol. The SMILES string of the molecule is CCCCc1noc(C(C)Sc2nnc(-c3ccco3)n2CC)n1. The Kier molecular flexibility index (Phi) is 5.34. The highest BCUT2D eigenvalue weighted by atomic mass is 32.2. The van der Waals surface area contributed by atoms with Crippen molar-refractivity contribution in [3.63, 3.8) is 0 Å².